The molecule has 0 saturated carbocycles. The van der Waals surface area contributed by atoms with Gasteiger partial charge < -0.3 is 0 Å². The zero-order valence-electron chi connectivity index (χ0n) is 16.0. The van der Waals surface area contributed by atoms with E-state index in [-0.39, 0.29) is 11.4 Å². The first-order valence-corrected chi connectivity index (χ1v) is 9.61. The summed E-state index contributed by atoms with van der Waals surface area (Å²) < 4.78 is 81.2. The minimum Gasteiger partial charge on any atom is -0.300 e. The highest BCUT2D eigenvalue weighted by atomic mass is 35.5. The van der Waals surface area contributed by atoms with Crippen molar-refractivity contribution in [3.05, 3.63) is 95.3 Å². The van der Waals surface area contributed by atoms with E-state index >= 15 is 0 Å². The maximum Gasteiger partial charge on any atom is 0.417 e. The van der Waals surface area contributed by atoms with Crippen LogP contribution in [-0.2, 0) is 12.4 Å². The summed E-state index contributed by atoms with van der Waals surface area (Å²) in [5.74, 6) is 0.0940. The zero-order valence-corrected chi connectivity index (χ0v) is 16.8. The first kappa shape index (κ1) is 22.0. The molecular formula is C23H13ClF6N2. The molecule has 0 aliphatic carbocycles. The molecule has 4 rings (SSSR count). The van der Waals surface area contributed by atoms with Crippen molar-refractivity contribution in [2.24, 2.45) is 0 Å². The molecule has 1 heterocycles. The normalized spacial score (nSPS) is 12.2. The standard InChI is InChI=1S/C23H13ClF6N2/c24-20-10-7-15(13-19(20)23(28,29)30)14-5-8-16(9-6-14)32-12-11-31-21(32)17-3-1-2-4-18(17)22(25,26)27/h1-13H. The van der Waals surface area contributed by atoms with E-state index in [1.54, 1.807) is 24.3 Å². The molecule has 0 aliphatic heterocycles. The summed E-state index contributed by atoms with van der Waals surface area (Å²) in [6, 6.07) is 15.1. The summed E-state index contributed by atoms with van der Waals surface area (Å²) in [7, 11) is 0. The summed E-state index contributed by atoms with van der Waals surface area (Å²) in [5, 5.41) is -0.399. The van der Waals surface area contributed by atoms with Gasteiger partial charge in [-0.3, -0.25) is 4.57 Å². The molecule has 2 nitrogen and oxygen atoms in total. The van der Waals surface area contributed by atoms with Crippen LogP contribution in [0.1, 0.15) is 11.1 Å². The summed E-state index contributed by atoms with van der Waals surface area (Å²) >= 11 is 5.67. The third-order valence-electron chi connectivity index (χ3n) is 4.86. The third kappa shape index (κ3) is 4.23. The summed E-state index contributed by atoms with van der Waals surface area (Å²) in [4.78, 5) is 4.09. The third-order valence-corrected chi connectivity index (χ3v) is 5.19. The molecule has 3 aromatic carbocycles. The SMILES string of the molecule is FC(F)(F)c1cc(-c2ccc(-n3ccnc3-c3ccccc3C(F)(F)F)cc2)ccc1Cl. The van der Waals surface area contributed by atoms with Crippen LogP contribution in [0.5, 0.6) is 0 Å². The number of imidazole rings is 1. The smallest absolute Gasteiger partial charge is 0.300 e. The van der Waals surface area contributed by atoms with Gasteiger partial charge in [0.05, 0.1) is 16.1 Å². The van der Waals surface area contributed by atoms with Crippen molar-refractivity contribution < 1.29 is 26.3 Å². The van der Waals surface area contributed by atoms with Crippen LogP contribution in [-0.4, -0.2) is 9.55 Å². The van der Waals surface area contributed by atoms with E-state index in [1.807, 2.05) is 0 Å². The van der Waals surface area contributed by atoms with Gasteiger partial charge in [0.25, 0.3) is 0 Å². The molecule has 0 N–H and O–H groups in total. The Hall–Kier alpha value is -3.26. The van der Waals surface area contributed by atoms with Crippen LogP contribution in [0, 0.1) is 0 Å². The number of hydrogen-bond acceptors (Lipinski definition) is 1. The summed E-state index contributed by atoms with van der Waals surface area (Å²) in [5.41, 5.74) is -0.536. The minimum atomic E-state index is -4.59. The monoisotopic (exact) mass is 466 g/mol. The Bertz CT molecular complexity index is 1260. The molecular weight excluding hydrogens is 454 g/mol. The fraction of sp³-hybridized carbons (Fsp3) is 0.0870. The predicted octanol–water partition coefficient (Wildman–Crippen LogP) is 7.90. The molecule has 4 aromatic rings. The largest absolute Gasteiger partial charge is 0.417 e. The molecule has 9 heteroatoms. The van der Waals surface area contributed by atoms with E-state index in [0.717, 1.165) is 12.1 Å². The zero-order chi connectivity index (χ0) is 23.1. The Labute approximate surface area is 183 Å². The van der Waals surface area contributed by atoms with E-state index in [2.05, 4.69) is 4.98 Å². The van der Waals surface area contributed by atoms with Gasteiger partial charge in [0.2, 0.25) is 0 Å². The van der Waals surface area contributed by atoms with Gasteiger partial charge in [0, 0.05) is 23.6 Å². The molecule has 0 fully saturated rings. The minimum absolute atomic E-state index is 0.0819. The van der Waals surface area contributed by atoms with Crippen molar-refractivity contribution >= 4 is 11.6 Å². The lowest BCUT2D eigenvalue weighted by Gasteiger charge is -2.15. The molecule has 0 saturated heterocycles. The Morgan fingerprint density at radius 1 is 0.719 bits per heavy atom. The number of rotatable bonds is 3. The van der Waals surface area contributed by atoms with E-state index in [4.69, 9.17) is 11.6 Å². The second-order valence-electron chi connectivity index (χ2n) is 6.90. The van der Waals surface area contributed by atoms with Crippen LogP contribution < -0.4 is 0 Å². The molecule has 0 aliphatic rings. The van der Waals surface area contributed by atoms with E-state index < -0.39 is 28.5 Å². The number of alkyl halides is 6. The van der Waals surface area contributed by atoms with Crippen molar-refractivity contribution in [3.8, 4) is 28.2 Å². The lowest BCUT2D eigenvalue weighted by Crippen LogP contribution is -2.08. The first-order valence-electron chi connectivity index (χ1n) is 9.23. The molecule has 0 bridgehead atoms. The molecule has 0 spiro atoms. The summed E-state index contributed by atoms with van der Waals surface area (Å²) in [6.45, 7) is 0. The molecule has 1 aromatic heterocycles. The highest BCUT2D eigenvalue weighted by Gasteiger charge is 2.35. The lowest BCUT2D eigenvalue weighted by molar-refractivity contribution is -0.138. The average molecular weight is 467 g/mol. The van der Waals surface area contributed by atoms with Gasteiger partial charge >= 0.3 is 12.4 Å². The highest BCUT2D eigenvalue weighted by molar-refractivity contribution is 6.31. The maximum atomic E-state index is 13.4. The van der Waals surface area contributed by atoms with E-state index in [1.165, 1.54) is 47.3 Å². The van der Waals surface area contributed by atoms with Gasteiger partial charge in [-0.25, -0.2) is 4.98 Å². The van der Waals surface area contributed by atoms with Gasteiger partial charge in [0.15, 0.2) is 0 Å². The molecule has 0 amide bonds. The Morgan fingerprint density at radius 3 is 2.00 bits per heavy atom. The van der Waals surface area contributed by atoms with Crippen LogP contribution in [0.15, 0.2) is 79.1 Å². The molecule has 164 valence electrons. The molecule has 0 unspecified atom stereocenters. The van der Waals surface area contributed by atoms with Crippen LogP contribution in [0.25, 0.3) is 28.2 Å². The van der Waals surface area contributed by atoms with Gasteiger partial charge in [-0.1, -0.05) is 48.0 Å². The Morgan fingerprint density at radius 2 is 1.34 bits per heavy atom. The van der Waals surface area contributed by atoms with Crippen molar-refractivity contribution in [1.82, 2.24) is 9.55 Å². The fourth-order valence-electron chi connectivity index (χ4n) is 3.37. The molecule has 32 heavy (non-hydrogen) atoms. The van der Waals surface area contributed by atoms with Crippen LogP contribution in [0.3, 0.4) is 0 Å². The van der Waals surface area contributed by atoms with Crippen molar-refractivity contribution in [1.29, 1.82) is 0 Å². The second kappa shape index (κ2) is 8.02. The number of halogens is 7. The van der Waals surface area contributed by atoms with Gasteiger partial charge in [0.1, 0.15) is 5.82 Å². The van der Waals surface area contributed by atoms with Gasteiger partial charge in [-0.2, -0.15) is 26.3 Å². The lowest BCUT2D eigenvalue weighted by atomic mass is 10.0. The average Bonchev–Trinajstić information content (AvgIpc) is 3.22. The van der Waals surface area contributed by atoms with Crippen molar-refractivity contribution in [2.75, 3.05) is 0 Å². The number of hydrogen-bond donors (Lipinski definition) is 0. The van der Waals surface area contributed by atoms with Gasteiger partial charge in [-0.15, -0.1) is 0 Å². The number of nitrogens with zero attached hydrogens (tertiary/aromatic N) is 2. The van der Waals surface area contributed by atoms with E-state index in [0.29, 0.717) is 16.8 Å². The quantitative estimate of drug-likeness (QED) is 0.281. The Kier molecular flexibility index (Phi) is 5.50. The molecule has 0 atom stereocenters. The number of aromatic nitrogens is 2. The fourth-order valence-corrected chi connectivity index (χ4v) is 3.60. The molecule has 0 radical (unpaired) electrons. The highest BCUT2D eigenvalue weighted by Crippen LogP contribution is 2.38. The first-order chi connectivity index (χ1) is 15.1. The van der Waals surface area contributed by atoms with Crippen LogP contribution in [0.2, 0.25) is 5.02 Å². The van der Waals surface area contributed by atoms with Gasteiger partial charge in [-0.05, 0) is 41.5 Å². The predicted molar refractivity (Wildman–Crippen MR) is 109 cm³/mol. The van der Waals surface area contributed by atoms with Crippen molar-refractivity contribution in [3.63, 3.8) is 0 Å². The van der Waals surface area contributed by atoms with Crippen LogP contribution >= 0.6 is 11.6 Å². The Balaban J connectivity index is 1.73. The topological polar surface area (TPSA) is 17.8 Å². The van der Waals surface area contributed by atoms with Crippen molar-refractivity contribution in [2.45, 2.75) is 12.4 Å². The van der Waals surface area contributed by atoms with E-state index in [9.17, 15) is 26.3 Å². The van der Waals surface area contributed by atoms with Crippen LogP contribution in [0.4, 0.5) is 26.3 Å². The maximum absolute atomic E-state index is 13.4. The second-order valence-corrected chi connectivity index (χ2v) is 7.31. The number of benzene rings is 3. The summed E-state index contributed by atoms with van der Waals surface area (Å²) in [6.07, 6.45) is -6.25.